The molecule has 2 N–H and O–H groups in total. The topological polar surface area (TPSA) is 66.6 Å². The first-order chi connectivity index (χ1) is 10.2. The molecule has 1 aromatic carbocycles. The molecular weight excluding hydrogens is 268 g/mol. The van der Waals surface area contributed by atoms with E-state index in [1.807, 2.05) is 37.3 Å². The van der Waals surface area contributed by atoms with Crippen molar-refractivity contribution in [2.45, 2.75) is 19.6 Å². The minimum absolute atomic E-state index is 0.0497. The Morgan fingerprint density at radius 3 is 2.62 bits per heavy atom. The van der Waals surface area contributed by atoms with E-state index in [0.717, 1.165) is 11.1 Å². The third kappa shape index (κ3) is 3.64. The minimum Gasteiger partial charge on any atom is -0.493 e. The molecule has 1 heterocycles. The standard InChI is InChI=1S/C16H20N2O3/c1-11(17)12-6-7-14(15(9-12)19-2)21-10-13-5-4-8-18-16(13)20-3/h4-9,11H,10,17H2,1-3H3/t11-/m1/s1. The Labute approximate surface area is 124 Å². The summed E-state index contributed by atoms with van der Waals surface area (Å²) in [7, 11) is 3.20. The predicted octanol–water partition coefficient (Wildman–Crippen LogP) is 2.70. The quantitative estimate of drug-likeness (QED) is 0.885. The molecule has 1 aromatic heterocycles. The van der Waals surface area contributed by atoms with Gasteiger partial charge in [-0.1, -0.05) is 6.07 Å². The molecule has 0 saturated heterocycles. The molecular formula is C16H20N2O3. The van der Waals surface area contributed by atoms with Crippen molar-refractivity contribution in [2.75, 3.05) is 14.2 Å². The molecule has 0 amide bonds. The first-order valence-corrected chi connectivity index (χ1v) is 6.70. The van der Waals surface area contributed by atoms with Crippen molar-refractivity contribution in [3.63, 3.8) is 0 Å². The Balaban J connectivity index is 2.16. The maximum Gasteiger partial charge on any atom is 0.219 e. The Kier molecular flexibility index (Phi) is 5.00. The number of rotatable bonds is 6. The number of aromatic nitrogens is 1. The number of benzene rings is 1. The highest BCUT2D eigenvalue weighted by atomic mass is 16.5. The van der Waals surface area contributed by atoms with Gasteiger partial charge in [-0.2, -0.15) is 0 Å². The Hall–Kier alpha value is -2.27. The van der Waals surface area contributed by atoms with E-state index in [9.17, 15) is 0 Å². The zero-order valence-electron chi connectivity index (χ0n) is 12.5. The van der Waals surface area contributed by atoms with Crippen LogP contribution in [-0.2, 0) is 6.61 Å². The molecule has 0 aliphatic carbocycles. The van der Waals surface area contributed by atoms with Gasteiger partial charge in [0, 0.05) is 12.2 Å². The monoisotopic (exact) mass is 288 g/mol. The first-order valence-electron chi connectivity index (χ1n) is 6.70. The van der Waals surface area contributed by atoms with Crippen LogP contribution in [0, 0.1) is 0 Å². The highest BCUT2D eigenvalue weighted by Crippen LogP contribution is 2.31. The fraction of sp³-hybridized carbons (Fsp3) is 0.312. The normalized spacial score (nSPS) is 11.8. The summed E-state index contributed by atoms with van der Waals surface area (Å²) in [6.07, 6.45) is 1.68. The summed E-state index contributed by atoms with van der Waals surface area (Å²) in [5.41, 5.74) is 7.74. The number of nitrogens with zero attached hydrogens (tertiary/aromatic N) is 1. The third-order valence-corrected chi connectivity index (χ3v) is 3.14. The summed E-state index contributed by atoms with van der Waals surface area (Å²) < 4.78 is 16.4. The van der Waals surface area contributed by atoms with Gasteiger partial charge >= 0.3 is 0 Å². The average Bonchev–Trinajstić information content (AvgIpc) is 2.52. The summed E-state index contributed by atoms with van der Waals surface area (Å²) in [6, 6.07) is 9.39. The largest absolute Gasteiger partial charge is 0.493 e. The van der Waals surface area contributed by atoms with Crippen molar-refractivity contribution in [3.05, 3.63) is 47.7 Å². The van der Waals surface area contributed by atoms with Crippen LogP contribution in [0.4, 0.5) is 0 Å². The zero-order valence-corrected chi connectivity index (χ0v) is 12.5. The molecule has 0 unspecified atom stereocenters. The molecule has 0 fully saturated rings. The van der Waals surface area contributed by atoms with Gasteiger partial charge in [0.05, 0.1) is 19.8 Å². The highest BCUT2D eigenvalue weighted by Gasteiger charge is 2.10. The molecule has 0 aliphatic rings. The third-order valence-electron chi connectivity index (χ3n) is 3.14. The fourth-order valence-electron chi connectivity index (χ4n) is 1.96. The summed E-state index contributed by atoms with van der Waals surface area (Å²) in [6.45, 7) is 2.28. The maximum absolute atomic E-state index is 5.87. The van der Waals surface area contributed by atoms with E-state index in [2.05, 4.69) is 4.98 Å². The number of ether oxygens (including phenoxy) is 3. The summed E-state index contributed by atoms with van der Waals surface area (Å²) in [5.74, 6) is 1.88. The van der Waals surface area contributed by atoms with Gasteiger partial charge < -0.3 is 19.9 Å². The highest BCUT2D eigenvalue weighted by molar-refractivity contribution is 5.44. The average molecular weight is 288 g/mol. The number of hydrogen-bond donors (Lipinski definition) is 1. The van der Waals surface area contributed by atoms with Crippen molar-refractivity contribution >= 4 is 0 Å². The zero-order chi connectivity index (χ0) is 15.2. The van der Waals surface area contributed by atoms with Gasteiger partial charge in [-0.3, -0.25) is 0 Å². The SMILES string of the molecule is COc1cc([C@@H](C)N)ccc1OCc1cccnc1OC. The lowest BCUT2D eigenvalue weighted by Crippen LogP contribution is -2.06. The molecule has 5 nitrogen and oxygen atoms in total. The van der Waals surface area contributed by atoms with Gasteiger partial charge in [-0.25, -0.2) is 4.98 Å². The molecule has 2 rings (SSSR count). The van der Waals surface area contributed by atoms with Crippen LogP contribution in [0.1, 0.15) is 24.1 Å². The number of pyridine rings is 1. The van der Waals surface area contributed by atoms with Gasteiger partial charge in [0.25, 0.3) is 0 Å². The van der Waals surface area contributed by atoms with Gasteiger partial charge in [0.2, 0.25) is 5.88 Å². The summed E-state index contributed by atoms with van der Waals surface area (Å²) in [5, 5.41) is 0. The van der Waals surface area contributed by atoms with Crippen molar-refractivity contribution in [2.24, 2.45) is 5.73 Å². The van der Waals surface area contributed by atoms with Crippen LogP contribution >= 0.6 is 0 Å². The van der Waals surface area contributed by atoms with Crippen molar-refractivity contribution < 1.29 is 14.2 Å². The van der Waals surface area contributed by atoms with Crippen LogP contribution in [0.15, 0.2) is 36.5 Å². The molecule has 0 saturated carbocycles. The summed E-state index contributed by atoms with van der Waals surface area (Å²) in [4.78, 5) is 4.14. The van der Waals surface area contributed by atoms with E-state index >= 15 is 0 Å². The van der Waals surface area contributed by atoms with Gasteiger partial charge in [-0.05, 0) is 36.8 Å². The lowest BCUT2D eigenvalue weighted by molar-refractivity contribution is 0.276. The van der Waals surface area contributed by atoms with Crippen molar-refractivity contribution in [3.8, 4) is 17.4 Å². The van der Waals surface area contributed by atoms with Crippen LogP contribution in [0.2, 0.25) is 0 Å². The second-order valence-electron chi connectivity index (χ2n) is 4.66. The fourth-order valence-corrected chi connectivity index (χ4v) is 1.96. The van der Waals surface area contributed by atoms with E-state index in [4.69, 9.17) is 19.9 Å². The molecule has 0 spiro atoms. The van der Waals surface area contributed by atoms with Crippen molar-refractivity contribution in [1.82, 2.24) is 4.98 Å². The van der Waals surface area contributed by atoms with Gasteiger partial charge in [0.1, 0.15) is 6.61 Å². The van der Waals surface area contributed by atoms with E-state index in [-0.39, 0.29) is 6.04 Å². The number of methoxy groups -OCH3 is 2. The molecule has 21 heavy (non-hydrogen) atoms. The van der Waals surface area contributed by atoms with Crippen molar-refractivity contribution in [1.29, 1.82) is 0 Å². The smallest absolute Gasteiger partial charge is 0.219 e. The second kappa shape index (κ2) is 6.95. The lowest BCUT2D eigenvalue weighted by Gasteiger charge is -2.14. The minimum atomic E-state index is -0.0497. The van der Waals surface area contributed by atoms with E-state index in [0.29, 0.717) is 24.0 Å². The Morgan fingerprint density at radius 2 is 1.95 bits per heavy atom. The second-order valence-corrected chi connectivity index (χ2v) is 4.66. The molecule has 2 aromatic rings. The van der Waals surface area contributed by atoms with Crippen LogP contribution in [-0.4, -0.2) is 19.2 Å². The maximum atomic E-state index is 5.87. The Morgan fingerprint density at radius 1 is 1.14 bits per heavy atom. The lowest BCUT2D eigenvalue weighted by atomic mass is 10.1. The molecule has 0 aliphatic heterocycles. The van der Waals surface area contributed by atoms with Gasteiger partial charge in [-0.15, -0.1) is 0 Å². The van der Waals surface area contributed by atoms with Crippen LogP contribution in [0.5, 0.6) is 17.4 Å². The number of hydrogen-bond acceptors (Lipinski definition) is 5. The molecule has 0 radical (unpaired) electrons. The van der Waals surface area contributed by atoms with E-state index in [1.54, 1.807) is 20.4 Å². The van der Waals surface area contributed by atoms with Crippen LogP contribution < -0.4 is 19.9 Å². The van der Waals surface area contributed by atoms with Crippen LogP contribution in [0.25, 0.3) is 0 Å². The van der Waals surface area contributed by atoms with Crippen LogP contribution in [0.3, 0.4) is 0 Å². The Bertz CT molecular complexity index is 600. The molecule has 1 atom stereocenters. The molecule has 5 heteroatoms. The number of nitrogens with two attached hydrogens (primary N) is 1. The van der Waals surface area contributed by atoms with Gasteiger partial charge in [0.15, 0.2) is 11.5 Å². The van der Waals surface area contributed by atoms with E-state index in [1.165, 1.54) is 0 Å². The molecule has 112 valence electrons. The first kappa shape index (κ1) is 15.1. The predicted molar refractivity (Wildman–Crippen MR) is 80.7 cm³/mol. The summed E-state index contributed by atoms with van der Waals surface area (Å²) >= 11 is 0. The van der Waals surface area contributed by atoms with E-state index < -0.39 is 0 Å². The molecule has 0 bridgehead atoms.